The second-order valence-corrected chi connectivity index (χ2v) is 2.83. The highest BCUT2D eigenvalue weighted by atomic mass is 16.7. The Bertz CT molecular complexity index is 338. The number of urea groups is 1. The number of imidazole rings is 1. The molecule has 0 fully saturated rings. The van der Waals surface area contributed by atoms with Gasteiger partial charge in [0.1, 0.15) is 5.82 Å². The maximum atomic E-state index is 11.0. The summed E-state index contributed by atoms with van der Waals surface area (Å²) in [5, 5.41) is 10.7. The number of hydrogen-bond donors (Lipinski definition) is 4. The number of hydrogen-bond acceptors (Lipinski definition) is 4. The molecule has 0 saturated carbocycles. The summed E-state index contributed by atoms with van der Waals surface area (Å²) in [4.78, 5) is 32.2. The largest absolute Gasteiger partial charge is 0.479 e. The van der Waals surface area contributed by atoms with Crippen molar-refractivity contribution in [3.8, 4) is 0 Å². The van der Waals surface area contributed by atoms with Crippen LogP contribution in [0.5, 0.6) is 0 Å². The molecule has 0 atom stereocenters. The number of hydroxylamine groups is 1. The summed E-state index contributed by atoms with van der Waals surface area (Å²) in [5.41, 5.74) is 1.93. The van der Waals surface area contributed by atoms with E-state index in [1.54, 1.807) is 12.4 Å². The number of nitrogens with zero attached hydrogens (tertiary/aromatic N) is 1. The fourth-order valence-corrected chi connectivity index (χ4v) is 0.929. The molecule has 0 aromatic carbocycles. The summed E-state index contributed by atoms with van der Waals surface area (Å²) >= 11 is 0. The highest BCUT2D eigenvalue weighted by Crippen LogP contribution is 1.87. The maximum absolute atomic E-state index is 11.0. The van der Waals surface area contributed by atoms with Gasteiger partial charge in [0, 0.05) is 25.4 Å². The van der Waals surface area contributed by atoms with Gasteiger partial charge in [-0.25, -0.2) is 20.1 Å². The monoisotopic (exact) mass is 228 g/mol. The zero-order chi connectivity index (χ0) is 11.8. The van der Waals surface area contributed by atoms with E-state index in [-0.39, 0.29) is 0 Å². The molecule has 0 saturated heterocycles. The second-order valence-electron chi connectivity index (χ2n) is 2.83. The van der Waals surface area contributed by atoms with Gasteiger partial charge in [-0.2, -0.15) is 0 Å². The Hall–Kier alpha value is -2.09. The van der Waals surface area contributed by atoms with Crippen LogP contribution in [0.15, 0.2) is 12.4 Å². The minimum Gasteiger partial charge on any atom is -0.479 e. The molecule has 1 heterocycles. The molecule has 1 aromatic rings. The number of carbonyl (C=O) groups excluding carboxylic acids is 1. The number of carbonyl (C=O) groups is 2. The van der Waals surface area contributed by atoms with Crippen molar-refractivity contribution >= 4 is 12.0 Å². The van der Waals surface area contributed by atoms with E-state index in [0.29, 0.717) is 13.0 Å². The summed E-state index contributed by atoms with van der Waals surface area (Å²) in [6, 6.07) is -0.590. The zero-order valence-electron chi connectivity index (χ0n) is 8.40. The van der Waals surface area contributed by atoms with E-state index in [1.807, 2.05) is 5.48 Å². The Morgan fingerprint density at radius 2 is 2.38 bits per heavy atom. The normalized spacial score (nSPS) is 9.75. The quantitative estimate of drug-likeness (QED) is 0.479. The minimum atomic E-state index is -1.16. The number of nitrogens with one attached hydrogen (secondary N) is 3. The smallest absolute Gasteiger partial charge is 0.338 e. The van der Waals surface area contributed by atoms with Gasteiger partial charge in [-0.15, -0.1) is 0 Å². The van der Waals surface area contributed by atoms with Crippen LogP contribution in [0, 0.1) is 0 Å². The highest BCUT2D eigenvalue weighted by Gasteiger charge is 2.02. The van der Waals surface area contributed by atoms with E-state index in [0.717, 1.165) is 5.82 Å². The summed E-state index contributed by atoms with van der Waals surface area (Å²) in [6.07, 6.45) is 3.86. The molecule has 8 heteroatoms. The van der Waals surface area contributed by atoms with Crippen molar-refractivity contribution in [2.75, 3.05) is 13.2 Å². The lowest BCUT2D eigenvalue weighted by molar-refractivity contribution is -0.144. The molecule has 0 aliphatic carbocycles. The second kappa shape index (κ2) is 6.40. The number of aromatic amines is 1. The first kappa shape index (κ1) is 12.0. The number of rotatable bonds is 6. The van der Waals surface area contributed by atoms with Crippen molar-refractivity contribution in [2.24, 2.45) is 0 Å². The number of carboxylic acid groups (broad SMARTS) is 1. The van der Waals surface area contributed by atoms with Gasteiger partial charge in [0.25, 0.3) is 0 Å². The van der Waals surface area contributed by atoms with Crippen LogP contribution >= 0.6 is 0 Å². The molecule has 0 bridgehead atoms. The van der Waals surface area contributed by atoms with Gasteiger partial charge in [0.2, 0.25) is 0 Å². The van der Waals surface area contributed by atoms with Crippen LogP contribution in [0.1, 0.15) is 5.82 Å². The van der Waals surface area contributed by atoms with Gasteiger partial charge in [0.05, 0.1) is 0 Å². The van der Waals surface area contributed by atoms with Gasteiger partial charge < -0.3 is 15.4 Å². The van der Waals surface area contributed by atoms with E-state index in [1.165, 1.54) is 0 Å². The lowest BCUT2D eigenvalue weighted by Crippen LogP contribution is -2.37. The topological polar surface area (TPSA) is 116 Å². The van der Waals surface area contributed by atoms with Gasteiger partial charge in [-0.1, -0.05) is 0 Å². The molecule has 8 nitrogen and oxygen atoms in total. The summed E-state index contributed by atoms with van der Waals surface area (Å²) < 4.78 is 0. The van der Waals surface area contributed by atoms with Crippen molar-refractivity contribution in [3.63, 3.8) is 0 Å². The van der Waals surface area contributed by atoms with Crippen LogP contribution in [0.25, 0.3) is 0 Å². The molecule has 0 aliphatic rings. The van der Waals surface area contributed by atoms with Crippen molar-refractivity contribution in [2.45, 2.75) is 6.42 Å². The number of aliphatic carboxylic acids is 1. The molecule has 1 aromatic heterocycles. The lowest BCUT2D eigenvalue weighted by atomic mass is 10.4. The summed E-state index contributed by atoms with van der Waals surface area (Å²) in [5.74, 6) is -0.400. The van der Waals surface area contributed by atoms with E-state index in [9.17, 15) is 9.59 Å². The van der Waals surface area contributed by atoms with Crippen LogP contribution in [-0.2, 0) is 16.1 Å². The van der Waals surface area contributed by atoms with Gasteiger partial charge in [-0.05, 0) is 0 Å². The van der Waals surface area contributed by atoms with Crippen LogP contribution in [0.3, 0.4) is 0 Å². The van der Waals surface area contributed by atoms with Crippen molar-refractivity contribution in [3.05, 3.63) is 18.2 Å². The molecular weight excluding hydrogens is 216 g/mol. The maximum Gasteiger partial charge on any atom is 0.338 e. The Morgan fingerprint density at radius 3 is 3.00 bits per heavy atom. The predicted octanol–water partition coefficient (Wildman–Crippen LogP) is -0.732. The number of H-pyrrole nitrogens is 1. The van der Waals surface area contributed by atoms with Gasteiger partial charge in [-0.3, -0.25) is 4.84 Å². The van der Waals surface area contributed by atoms with E-state index in [4.69, 9.17) is 5.11 Å². The predicted molar refractivity (Wildman–Crippen MR) is 52.4 cm³/mol. The molecule has 2 amide bonds. The Morgan fingerprint density at radius 1 is 1.56 bits per heavy atom. The molecule has 4 N–H and O–H groups in total. The lowest BCUT2D eigenvalue weighted by Gasteiger charge is -2.05. The molecule has 1 rings (SSSR count). The number of aromatic nitrogens is 2. The van der Waals surface area contributed by atoms with Crippen LogP contribution in [0.2, 0.25) is 0 Å². The number of amides is 2. The molecule has 0 spiro atoms. The first-order chi connectivity index (χ1) is 7.68. The average molecular weight is 228 g/mol. The fraction of sp³-hybridized carbons (Fsp3) is 0.375. The van der Waals surface area contributed by atoms with Crippen LogP contribution in [-0.4, -0.2) is 40.2 Å². The third kappa shape index (κ3) is 4.96. The minimum absolute atomic E-state index is 0.371. The average Bonchev–Trinajstić information content (AvgIpc) is 2.70. The molecule has 16 heavy (non-hydrogen) atoms. The summed E-state index contributed by atoms with van der Waals surface area (Å²) in [7, 11) is 0. The van der Waals surface area contributed by atoms with Crippen LogP contribution in [0.4, 0.5) is 4.79 Å². The number of carboxylic acids is 1. The third-order valence-corrected chi connectivity index (χ3v) is 1.56. The molecule has 0 unspecified atom stereocenters. The molecule has 0 radical (unpaired) electrons. The first-order valence-corrected chi connectivity index (χ1v) is 4.54. The highest BCUT2D eigenvalue weighted by molar-refractivity contribution is 5.73. The Kier molecular flexibility index (Phi) is 4.80. The van der Waals surface area contributed by atoms with E-state index < -0.39 is 18.6 Å². The van der Waals surface area contributed by atoms with Gasteiger partial charge in [0.15, 0.2) is 6.61 Å². The van der Waals surface area contributed by atoms with Crippen molar-refractivity contribution in [1.29, 1.82) is 0 Å². The molecule has 0 aliphatic heterocycles. The fourth-order valence-electron chi connectivity index (χ4n) is 0.929. The van der Waals surface area contributed by atoms with Gasteiger partial charge >= 0.3 is 12.0 Å². The van der Waals surface area contributed by atoms with Crippen molar-refractivity contribution in [1.82, 2.24) is 20.8 Å². The third-order valence-electron chi connectivity index (χ3n) is 1.56. The molecule has 88 valence electrons. The standard InChI is InChI=1S/C8H12N4O4/c13-7(14)5-16-12-8(15)11-2-1-6-9-3-4-10-6/h3-4H,1-2,5H2,(H,9,10)(H,13,14)(H2,11,12,15). The molecular formula is C8H12N4O4. The van der Waals surface area contributed by atoms with E-state index >= 15 is 0 Å². The van der Waals surface area contributed by atoms with Crippen molar-refractivity contribution < 1.29 is 19.5 Å². The zero-order valence-corrected chi connectivity index (χ0v) is 8.40. The van der Waals surface area contributed by atoms with E-state index in [2.05, 4.69) is 20.1 Å². The SMILES string of the molecule is O=C(O)CONC(=O)NCCc1ncc[nH]1. The Labute approximate surface area is 91.0 Å². The van der Waals surface area contributed by atoms with Crippen LogP contribution < -0.4 is 10.8 Å². The summed E-state index contributed by atoms with van der Waals surface area (Å²) in [6.45, 7) is -0.207. The Balaban J connectivity index is 2.04. The first-order valence-electron chi connectivity index (χ1n) is 4.54.